The Balaban J connectivity index is 1.34. The topological polar surface area (TPSA) is 35.5 Å². The summed E-state index contributed by atoms with van der Waals surface area (Å²) in [6.45, 7) is 4.60. The molecule has 0 aliphatic heterocycles. The summed E-state index contributed by atoms with van der Waals surface area (Å²) >= 11 is 0. The van der Waals surface area contributed by atoms with Crippen LogP contribution >= 0.6 is 0 Å². The normalized spacial score (nSPS) is 11.4. The zero-order valence-corrected chi connectivity index (χ0v) is 41.5. The van der Waals surface area contributed by atoms with E-state index in [1.165, 1.54) is 281 Å². The molecule has 0 N–H and O–H groups in total. The summed E-state index contributed by atoms with van der Waals surface area (Å²) in [7, 11) is 0. The maximum absolute atomic E-state index is 12.5. The molecule has 0 fully saturated rings. The van der Waals surface area contributed by atoms with Crippen LogP contribution in [0.4, 0.5) is 4.79 Å². The summed E-state index contributed by atoms with van der Waals surface area (Å²) in [6.07, 6.45) is 60.8. The van der Waals surface area contributed by atoms with Crippen LogP contribution in [0.25, 0.3) is 0 Å². The predicted molar refractivity (Wildman–Crippen MR) is 272 cm³/mol. The van der Waals surface area contributed by atoms with Crippen molar-refractivity contribution in [2.45, 2.75) is 296 Å². The number of benzene rings is 2. The Labute approximate surface area is 386 Å². The lowest BCUT2D eigenvalue weighted by Crippen LogP contribution is -2.13. The molecule has 0 aliphatic carbocycles. The lowest BCUT2D eigenvalue weighted by molar-refractivity contribution is 0.152. The molecule has 0 amide bonds. The summed E-state index contributed by atoms with van der Waals surface area (Å²) in [5.41, 5.74) is 2.60. The van der Waals surface area contributed by atoms with Gasteiger partial charge in [0, 0.05) is 0 Å². The van der Waals surface area contributed by atoms with E-state index in [1.807, 2.05) is 24.3 Å². The maximum atomic E-state index is 12.5. The van der Waals surface area contributed by atoms with Crippen molar-refractivity contribution in [2.75, 3.05) is 0 Å². The number of carbonyl (C=O) groups excluding carboxylic acids is 1. The molecule has 62 heavy (non-hydrogen) atoms. The molecule has 0 spiro atoms. The molecule has 0 radical (unpaired) electrons. The minimum Gasteiger partial charge on any atom is -0.395 e. The Bertz CT molecular complexity index is 1110. The van der Waals surface area contributed by atoms with Crippen molar-refractivity contribution in [2.24, 2.45) is 0 Å². The zero-order valence-electron chi connectivity index (χ0n) is 41.5. The molecular weight excluding hydrogens is 757 g/mol. The van der Waals surface area contributed by atoms with Gasteiger partial charge in [-0.1, -0.05) is 295 Å². The number of hydrogen-bond donors (Lipinski definition) is 0. The largest absolute Gasteiger partial charge is 0.519 e. The van der Waals surface area contributed by atoms with E-state index in [-0.39, 0.29) is 0 Å². The van der Waals surface area contributed by atoms with E-state index in [1.54, 1.807) is 0 Å². The van der Waals surface area contributed by atoms with Gasteiger partial charge < -0.3 is 9.47 Å². The third-order valence-corrected chi connectivity index (χ3v) is 13.4. The van der Waals surface area contributed by atoms with Gasteiger partial charge in [0.2, 0.25) is 0 Å². The Morgan fingerprint density at radius 3 is 0.645 bits per heavy atom. The van der Waals surface area contributed by atoms with Gasteiger partial charge in [-0.05, 0) is 61.1 Å². The fourth-order valence-electron chi connectivity index (χ4n) is 9.18. The Hall–Kier alpha value is -2.29. The molecule has 356 valence electrons. The van der Waals surface area contributed by atoms with E-state index in [2.05, 4.69) is 38.1 Å². The van der Waals surface area contributed by atoms with Crippen molar-refractivity contribution in [3.63, 3.8) is 0 Å². The van der Waals surface area contributed by atoms with Gasteiger partial charge >= 0.3 is 6.16 Å². The van der Waals surface area contributed by atoms with E-state index in [9.17, 15) is 4.79 Å². The number of rotatable bonds is 46. The molecule has 0 saturated carbocycles. The number of aryl methyl sites for hydroxylation is 2. The van der Waals surface area contributed by atoms with Gasteiger partial charge in [0.05, 0.1) is 0 Å². The highest BCUT2D eigenvalue weighted by atomic mass is 16.7. The third kappa shape index (κ3) is 36.1. The molecule has 0 bridgehead atoms. The summed E-state index contributed by atoms with van der Waals surface area (Å²) in [6, 6.07) is 15.9. The van der Waals surface area contributed by atoms with Gasteiger partial charge in [0.1, 0.15) is 11.5 Å². The standard InChI is InChI=1S/C59H102O3/c1-3-5-7-9-11-13-15-17-19-21-23-25-27-29-31-33-35-37-39-41-43-45-55-47-51-57(52-48-55)61-59(60)62-58-53-49-56(50-54-58)46-44-42-40-38-36-34-32-30-28-26-24-22-20-18-16-14-12-10-8-6-4-2/h47-54H,3-46H2,1-2H3. The van der Waals surface area contributed by atoms with Gasteiger partial charge in [-0.2, -0.15) is 0 Å². The van der Waals surface area contributed by atoms with Crippen LogP contribution in [-0.2, 0) is 12.8 Å². The molecule has 0 aliphatic rings. The van der Waals surface area contributed by atoms with Crippen molar-refractivity contribution in [1.82, 2.24) is 0 Å². The summed E-state index contributed by atoms with van der Waals surface area (Å²) in [5.74, 6) is 1.06. The van der Waals surface area contributed by atoms with Gasteiger partial charge in [0.15, 0.2) is 0 Å². The predicted octanol–water partition coefficient (Wildman–Crippen LogP) is 20.8. The van der Waals surface area contributed by atoms with E-state index < -0.39 is 6.16 Å². The molecule has 0 atom stereocenters. The quantitative estimate of drug-likeness (QED) is 0.0378. The molecule has 2 aromatic rings. The molecule has 3 nitrogen and oxygen atoms in total. The molecule has 2 aromatic carbocycles. The molecule has 2 rings (SSSR count). The second-order valence-electron chi connectivity index (χ2n) is 19.4. The Morgan fingerprint density at radius 2 is 0.452 bits per heavy atom. The summed E-state index contributed by atoms with van der Waals surface area (Å²) in [4.78, 5) is 12.5. The molecule has 0 aromatic heterocycles. The molecule has 3 heteroatoms. The van der Waals surface area contributed by atoms with Crippen molar-refractivity contribution in [3.05, 3.63) is 59.7 Å². The van der Waals surface area contributed by atoms with Crippen molar-refractivity contribution < 1.29 is 14.3 Å². The fraction of sp³-hybridized carbons (Fsp3) is 0.780. The van der Waals surface area contributed by atoms with Crippen molar-refractivity contribution in [1.29, 1.82) is 0 Å². The highest BCUT2D eigenvalue weighted by Crippen LogP contribution is 2.21. The maximum Gasteiger partial charge on any atom is 0.519 e. The highest BCUT2D eigenvalue weighted by molar-refractivity contribution is 5.67. The van der Waals surface area contributed by atoms with E-state index in [0.29, 0.717) is 11.5 Å². The van der Waals surface area contributed by atoms with Crippen molar-refractivity contribution in [3.8, 4) is 11.5 Å². The number of hydrogen-bond acceptors (Lipinski definition) is 3. The van der Waals surface area contributed by atoms with Gasteiger partial charge in [0.25, 0.3) is 0 Å². The summed E-state index contributed by atoms with van der Waals surface area (Å²) in [5, 5.41) is 0. The minimum absolute atomic E-state index is 0.531. The third-order valence-electron chi connectivity index (χ3n) is 13.4. The first kappa shape index (κ1) is 55.8. The Kier molecular flexibility index (Phi) is 39.6. The molecule has 0 heterocycles. The second kappa shape index (κ2) is 43.9. The second-order valence-corrected chi connectivity index (χ2v) is 19.4. The molecule has 0 unspecified atom stereocenters. The smallest absolute Gasteiger partial charge is 0.395 e. The zero-order chi connectivity index (χ0) is 44.1. The molecular formula is C59H102O3. The van der Waals surface area contributed by atoms with Gasteiger partial charge in [-0.3, -0.25) is 0 Å². The lowest BCUT2D eigenvalue weighted by Gasteiger charge is -2.08. The number of ether oxygens (including phenoxy) is 2. The number of carbonyl (C=O) groups is 1. The van der Waals surface area contributed by atoms with Crippen LogP contribution in [0.15, 0.2) is 48.5 Å². The summed E-state index contributed by atoms with van der Waals surface area (Å²) < 4.78 is 10.9. The first-order valence-corrected chi connectivity index (χ1v) is 27.8. The van der Waals surface area contributed by atoms with Crippen LogP contribution in [0.1, 0.15) is 295 Å². The average Bonchev–Trinajstić information content (AvgIpc) is 3.28. The van der Waals surface area contributed by atoms with E-state index >= 15 is 0 Å². The van der Waals surface area contributed by atoms with Crippen molar-refractivity contribution >= 4 is 6.16 Å². The Morgan fingerprint density at radius 1 is 0.274 bits per heavy atom. The fourth-order valence-corrected chi connectivity index (χ4v) is 9.18. The van der Waals surface area contributed by atoms with Crippen LogP contribution in [0.2, 0.25) is 0 Å². The van der Waals surface area contributed by atoms with Crippen LogP contribution < -0.4 is 9.47 Å². The average molecular weight is 859 g/mol. The monoisotopic (exact) mass is 859 g/mol. The van der Waals surface area contributed by atoms with E-state index in [0.717, 1.165) is 12.8 Å². The van der Waals surface area contributed by atoms with Crippen LogP contribution in [0.3, 0.4) is 0 Å². The minimum atomic E-state index is -0.681. The highest BCUT2D eigenvalue weighted by Gasteiger charge is 2.09. The van der Waals surface area contributed by atoms with Crippen LogP contribution in [0.5, 0.6) is 11.5 Å². The first-order chi connectivity index (χ1) is 30.7. The van der Waals surface area contributed by atoms with Gasteiger partial charge in [-0.15, -0.1) is 0 Å². The van der Waals surface area contributed by atoms with E-state index in [4.69, 9.17) is 9.47 Å². The van der Waals surface area contributed by atoms with Crippen LogP contribution in [-0.4, -0.2) is 6.16 Å². The van der Waals surface area contributed by atoms with Crippen LogP contribution in [0, 0.1) is 0 Å². The molecule has 0 saturated heterocycles. The SMILES string of the molecule is CCCCCCCCCCCCCCCCCCCCCCCc1ccc(OC(=O)Oc2ccc(CCCCCCCCCCCCCCCCCCCCCCC)cc2)cc1. The first-order valence-electron chi connectivity index (χ1n) is 27.8. The number of unbranched alkanes of at least 4 members (excludes halogenated alkanes) is 40. The lowest BCUT2D eigenvalue weighted by atomic mass is 10.0. The van der Waals surface area contributed by atoms with Gasteiger partial charge in [-0.25, -0.2) is 4.79 Å².